The Morgan fingerprint density at radius 2 is 1.41 bits per heavy atom. The first kappa shape index (κ1) is 18.7. The summed E-state index contributed by atoms with van der Waals surface area (Å²) in [5.41, 5.74) is 1.04. The van der Waals surface area contributed by atoms with E-state index in [1.807, 2.05) is 0 Å². The lowest BCUT2D eigenvalue weighted by Crippen LogP contribution is -2.29. The van der Waals surface area contributed by atoms with Gasteiger partial charge in [0.1, 0.15) is 5.82 Å². The summed E-state index contributed by atoms with van der Waals surface area (Å²) < 4.78 is 41.4. The molecule has 8 heteroatoms. The molecule has 1 atom stereocenters. The Bertz CT molecular complexity index is 1040. The Labute approximate surface area is 155 Å². The standard InChI is InChI=1S/C19H15FN2O4S/c20-16-8-6-15(7-9-16)19(14-4-2-1-3-5-14)21-27(25,26)18-12-10-17(11-13-18)22(23)24/h1-13,19,21H/t19-/m0/s1. The maximum atomic E-state index is 13.3. The molecule has 0 aliphatic heterocycles. The maximum absolute atomic E-state index is 13.3. The first-order valence-corrected chi connectivity index (χ1v) is 9.42. The van der Waals surface area contributed by atoms with Gasteiger partial charge in [-0.1, -0.05) is 42.5 Å². The van der Waals surface area contributed by atoms with Crippen LogP contribution in [0.1, 0.15) is 17.2 Å². The molecule has 0 saturated heterocycles. The number of nitro groups is 1. The fraction of sp³-hybridized carbons (Fsp3) is 0.0526. The van der Waals surface area contributed by atoms with Gasteiger partial charge in [0, 0.05) is 12.1 Å². The van der Waals surface area contributed by atoms with Crippen LogP contribution in [0.5, 0.6) is 0 Å². The highest BCUT2D eigenvalue weighted by molar-refractivity contribution is 7.89. The molecule has 27 heavy (non-hydrogen) atoms. The predicted octanol–water partition coefficient (Wildman–Crippen LogP) is 3.80. The molecular weight excluding hydrogens is 371 g/mol. The van der Waals surface area contributed by atoms with Gasteiger partial charge in [0.2, 0.25) is 10.0 Å². The molecule has 3 rings (SSSR count). The van der Waals surface area contributed by atoms with Crippen LogP contribution in [0.4, 0.5) is 10.1 Å². The van der Waals surface area contributed by atoms with E-state index in [-0.39, 0.29) is 10.6 Å². The number of non-ortho nitro benzene ring substituents is 1. The second-order valence-electron chi connectivity index (χ2n) is 5.77. The predicted molar refractivity (Wildman–Crippen MR) is 98.1 cm³/mol. The van der Waals surface area contributed by atoms with Crippen molar-refractivity contribution in [3.63, 3.8) is 0 Å². The number of hydrogen-bond acceptors (Lipinski definition) is 4. The highest BCUT2D eigenvalue weighted by Crippen LogP contribution is 2.25. The first-order valence-electron chi connectivity index (χ1n) is 7.94. The van der Waals surface area contributed by atoms with Gasteiger partial charge in [-0.25, -0.2) is 12.8 Å². The molecule has 0 spiro atoms. The van der Waals surface area contributed by atoms with Crippen molar-refractivity contribution in [2.45, 2.75) is 10.9 Å². The van der Waals surface area contributed by atoms with Gasteiger partial charge in [0.15, 0.2) is 0 Å². The van der Waals surface area contributed by atoms with Crippen LogP contribution >= 0.6 is 0 Å². The number of nitrogens with zero attached hydrogens (tertiary/aromatic N) is 1. The second-order valence-corrected chi connectivity index (χ2v) is 7.48. The zero-order valence-electron chi connectivity index (χ0n) is 13.9. The molecule has 0 aliphatic carbocycles. The van der Waals surface area contributed by atoms with Gasteiger partial charge in [-0.3, -0.25) is 10.1 Å². The zero-order valence-corrected chi connectivity index (χ0v) is 14.8. The lowest BCUT2D eigenvalue weighted by molar-refractivity contribution is -0.384. The van der Waals surface area contributed by atoms with Gasteiger partial charge in [-0.2, -0.15) is 4.72 Å². The molecule has 0 amide bonds. The monoisotopic (exact) mass is 386 g/mol. The molecule has 0 fully saturated rings. The smallest absolute Gasteiger partial charge is 0.258 e. The maximum Gasteiger partial charge on any atom is 0.269 e. The van der Waals surface area contributed by atoms with Gasteiger partial charge >= 0.3 is 0 Å². The number of nitrogens with one attached hydrogen (secondary N) is 1. The Kier molecular flexibility index (Phi) is 5.29. The van der Waals surface area contributed by atoms with Gasteiger partial charge in [-0.05, 0) is 35.4 Å². The summed E-state index contributed by atoms with van der Waals surface area (Å²) in [5, 5.41) is 10.7. The molecule has 0 saturated carbocycles. The van der Waals surface area contributed by atoms with E-state index in [0.29, 0.717) is 11.1 Å². The Morgan fingerprint density at radius 3 is 1.96 bits per heavy atom. The van der Waals surface area contributed by atoms with Crippen LogP contribution in [0.25, 0.3) is 0 Å². The van der Waals surface area contributed by atoms with E-state index in [4.69, 9.17) is 0 Å². The van der Waals surface area contributed by atoms with Crippen LogP contribution in [0.3, 0.4) is 0 Å². The fourth-order valence-corrected chi connectivity index (χ4v) is 3.81. The van der Waals surface area contributed by atoms with Crippen LogP contribution in [-0.2, 0) is 10.0 Å². The van der Waals surface area contributed by atoms with Crippen molar-refractivity contribution in [3.8, 4) is 0 Å². The zero-order chi connectivity index (χ0) is 19.4. The van der Waals surface area contributed by atoms with E-state index in [9.17, 15) is 22.9 Å². The third-order valence-electron chi connectivity index (χ3n) is 3.97. The van der Waals surface area contributed by atoms with E-state index in [2.05, 4.69) is 4.72 Å². The minimum absolute atomic E-state index is 0.101. The number of rotatable bonds is 6. The van der Waals surface area contributed by atoms with E-state index < -0.39 is 26.8 Å². The van der Waals surface area contributed by atoms with Crippen molar-refractivity contribution in [2.75, 3.05) is 0 Å². The molecule has 0 radical (unpaired) electrons. The van der Waals surface area contributed by atoms with Crippen molar-refractivity contribution < 1.29 is 17.7 Å². The van der Waals surface area contributed by atoms with Crippen molar-refractivity contribution in [3.05, 3.63) is 106 Å². The highest BCUT2D eigenvalue weighted by atomic mass is 32.2. The van der Waals surface area contributed by atoms with Crippen LogP contribution in [0.15, 0.2) is 83.8 Å². The fourth-order valence-electron chi connectivity index (χ4n) is 2.60. The summed E-state index contributed by atoms with van der Waals surface area (Å²) in [5.74, 6) is -0.427. The number of sulfonamides is 1. The minimum atomic E-state index is -3.97. The van der Waals surface area contributed by atoms with Gasteiger partial charge in [0.05, 0.1) is 15.9 Å². The van der Waals surface area contributed by atoms with Gasteiger partial charge < -0.3 is 0 Å². The molecule has 0 bridgehead atoms. The van der Waals surface area contributed by atoms with Crippen molar-refractivity contribution in [2.24, 2.45) is 0 Å². The Hall–Kier alpha value is -3.10. The van der Waals surface area contributed by atoms with Crippen molar-refractivity contribution in [1.29, 1.82) is 0 Å². The quantitative estimate of drug-likeness (QED) is 0.515. The summed E-state index contributed by atoms with van der Waals surface area (Å²) in [4.78, 5) is 10.0. The molecule has 138 valence electrons. The number of halogens is 1. The molecule has 0 aromatic heterocycles. The van der Waals surface area contributed by atoms with Crippen LogP contribution in [-0.4, -0.2) is 13.3 Å². The second kappa shape index (κ2) is 7.65. The Morgan fingerprint density at radius 1 is 0.852 bits per heavy atom. The third kappa shape index (κ3) is 4.36. The van der Waals surface area contributed by atoms with Crippen LogP contribution in [0, 0.1) is 15.9 Å². The molecule has 3 aromatic rings. The van der Waals surface area contributed by atoms with E-state index >= 15 is 0 Å². The Balaban J connectivity index is 1.98. The van der Waals surface area contributed by atoms with Crippen LogP contribution < -0.4 is 4.72 Å². The lowest BCUT2D eigenvalue weighted by atomic mass is 10.00. The van der Waals surface area contributed by atoms with Crippen LogP contribution in [0.2, 0.25) is 0 Å². The van der Waals surface area contributed by atoms with E-state index in [1.165, 1.54) is 36.4 Å². The molecule has 3 aromatic carbocycles. The highest BCUT2D eigenvalue weighted by Gasteiger charge is 2.23. The molecule has 0 unspecified atom stereocenters. The summed E-state index contributed by atoms with van der Waals surface area (Å²) in [7, 11) is -3.97. The largest absolute Gasteiger partial charge is 0.269 e. The third-order valence-corrected chi connectivity index (χ3v) is 5.41. The summed E-state index contributed by atoms with van der Waals surface area (Å²) in [6.07, 6.45) is 0. The SMILES string of the molecule is O=[N+]([O-])c1ccc(S(=O)(=O)N[C@@H](c2ccccc2)c2ccc(F)cc2)cc1. The minimum Gasteiger partial charge on any atom is -0.258 e. The van der Waals surface area contributed by atoms with E-state index in [1.54, 1.807) is 30.3 Å². The van der Waals surface area contributed by atoms with Crippen molar-refractivity contribution in [1.82, 2.24) is 4.72 Å². The average Bonchev–Trinajstić information content (AvgIpc) is 2.68. The summed E-state index contributed by atoms with van der Waals surface area (Å²) in [6.45, 7) is 0. The summed E-state index contributed by atoms with van der Waals surface area (Å²) >= 11 is 0. The van der Waals surface area contributed by atoms with Gasteiger partial charge in [0.25, 0.3) is 5.69 Å². The average molecular weight is 386 g/mol. The number of nitro benzene ring substituents is 1. The molecule has 0 heterocycles. The van der Waals surface area contributed by atoms with E-state index in [0.717, 1.165) is 12.1 Å². The normalized spacial score (nSPS) is 12.5. The van der Waals surface area contributed by atoms with Crippen molar-refractivity contribution >= 4 is 15.7 Å². The summed E-state index contributed by atoms with van der Waals surface area (Å²) in [6, 6.07) is 18.2. The van der Waals surface area contributed by atoms with Gasteiger partial charge in [-0.15, -0.1) is 0 Å². The molecular formula is C19H15FN2O4S. The molecule has 6 nitrogen and oxygen atoms in total. The number of benzene rings is 3. The first-order chi connectivity index (χ1) is 12.9. The lowest BCUT2D eigenvalue weighted by Gasteiger charge is -2.20. The molecule has 1 N–H and O–H groups in total. The topological polar surface area (TPSA) is 89.3 Å². The molecule has 0 aliphatic rings. The number of hydrogen-bond donors (Lipinski definition) is 1.